The summed E-state index contributed by atoms with van der Waals surface area (Å²) >= 11 is 12.3. The second kappa shape index (κ2) is 10.8. The Kier molecular flexibility index (Phi) is 7.38. The minimum Gasteiger partial charge on any atom is -0.178 e. The topological polar surface area (TPSA) is 49.4 Å². The molecule has 0 aromatic heterocycles. The average Bonchev–Trinajstić information content (AvgIpc) is 2.84. The van der Waals surface area contributed by atoms with Crippen molar-refractivity contribution in [1.29, 1.82) is 0 Å². The molecule has 158 valence electrons. The Morgan fingerprint density at radius 1 is 0.438 bits per heavy atom. The SMILES string of the molecule is Clc1ccc([C@@H](N=Nc2ccccc2)[C@@H](N=Nc2ccccc2)c2ccc(Cl)cc2)cc1. The average molecular weight is 459 g/mol. The normalized spacial score (nSPS) is 13.4. The summed E-state index contributed by atoms with van der Waals surface area (Å²) in [5.74, 6) is 0. The van der Waals surface area contributed by atoms with Gasteiger partial charge in [-0.25, -0.2) is 0 Å². The maximum Gasteiger partial charge on any atom is 0.124 e. The lowest BCUT2D eigenvalue weighted by atomic mass is 9.94. The molecule has 6 heteroatoms. The lowest BCUT2D eigenvalue weighted by Gasteiger charge is -2.20. The molecule has 0 N–H and O–H groups in total. The standard InChI is InChI=1S/C26H20Cl2N4/c27-21-15-11-19(12-16-21)25(31-29-23-7-3-1-4-8-23)26(20-13-17-22(28)18-14-20)32-30-24-9-5-2-6-10-24/h1-18,25-26H/t25-,26+. The lowest BCUT2D eigenvalue weighted by molar-refractivity contribution is 0.538. The van der Waals surface area contributed by atoms with Crippen molar-refractivity contribution in [3.05, 3.63) is 130 Å². The summed E-state index contributed by atoms with van der Waals surface area (Å²) in [5.41, 5.74) is 3.39. The molecular weight excluding hydrogens is 439 g/mol. The largest absolute Gasteiger partial charge is 0.178 e. The van der Waals surface area contributed by atoms with Gasteiger partial charge in [0.2, 0.25) is 0 Å². The van der Waals surface area contributed by atoms with Crippen LogP contribution in [-0.2, 0) is 0 Å². The molecule has 0 amide bonds. The quantitative estimate of drug-likeness (QED) is 0.247. The Bertz CT molecular complexity index is 1080. The molecule has 0 fully saturated rings. The first-order valence-electron chi connectivity index (χ1n) is 10.1. The summed E-state index contributed by atoms with van der Waals surface area (Å²) in [5, 5.41) is 19.7. The zero-order valence-corrected chi connectivity index (χ0v) is 18.6. The molecule has 0 unspecified atom stereocenters. The van der Waals surface area contributed by atoms with Crippen LogP contribution in [0.3, 0.4) is 0 Å². The smallest absolute Gasteiger partial charge is 0.124 e. The highest BCUT2D eigenvalue weighted by atomic mass is 35.5. The summed E-state index contributed by atoms with van der Waals surface area (Å²) in [6, 6.07) is 33.5. The van der Waals surface area contributed by atoms with Crippen molar-refractivity contribution in [3.8, 4) is 0 Å². The Hall–Kier alpha value is -3.34. The summed E-state index contributed by atoms with van der Waals surface area (Å²) < 4.78 is 0. The molecule has 32 heavy (non-hydrogen) atoms. The highest BCUT2D eigenvalue weighted by Gasteiger charge is 2.25. The van der Waals surface area contributed by atoms with E-state index < -0.39 is 12.1 Å². The van der Waals surface area contributed by atoms with E-state index in [1.54, 1.807) is 0 Å². The monoisotopic (exact) mass is 458 g/mol. The van der Waals surface area contributed by atoms with Gasteiger partial charge in [0.05, 0.1) is 11.4 Å². The Morgan fingerprint density at radius 2 is 0.781 bits per heavy atom. The van der Waals surface area contributed by atoms with Gasteiger partial charge in [-0.15, -0.1) is 0 Å². The minimum absolute atomic E-state index is 0.416. The van der Waals surface area contributed by atoms with Gasteiger partial charge in [0.1, 0.15) is 12.1 Å². The van der Waals surface area contributed by atoms with Crippen LogP contribution in [0, 0.1) is 0 Å². The zero-order valence-electron chi connectivity index (χ0n) is 17.1. The van der Waals surface area contributed by atoms with Crippen LogP contribution in [0.2, 0.25) is 10.0 Å². The molecule has 4 nitrogen and oxygen atoms in total. The van der Waals surface area contributed by atoms with Crippen molar-refractivity contribution < 1.29 is 0 Å². The Balaban J connectivity index is 1.78. The van der Waals surface area contributed by atoms with Gasteiger partial charge in [0.15, 0.2) is 0 Å². The van der Waals surface area contributed by atoms with Crippen molar-refractivity contribution >= 4 is 34.6 Å². The molecule has 0 saturated heterocycles. The maximum absolute atomic E-state index is 6.13. The first-order valence-corrected chi connectivity index (χ1v) is 10.9. The van der Waals surface area contributed by atoms with Crippen LogP contribution < -0.4 is 0 Å². The van der Waals surface area contributed by atoms with Gasteiger partial charge < -0.3 is 0 Å². The first kappa shape index (κ1) is 21.9. The number of rotatable bonds is 7. The highest BCUT2D eigenvalue weighted by Crippen LogP contribution is 2.38. The van der Waals surface area contributed by atoms with Gasteiger partial charge in [-0.1, -0.05) is 83.9 Å². The van der Waals surface area contributed by atoms with Crippen molar-refractivity contribution in [2.45, 2.75) is 12.1 Å². The molecule has 0 heterocycles. The van der Waals surface area contributed by atoms with Crippen LogP contribution in [0.5, 0.6) is 0 Å². The fourth-order valence-corrected chi connectivity index (χ4v) is 3.44. The molecule has 0 aliphatic carbocycles. The van der Waals surface area contributed by atoms with E-state index in [1.807, 2.05) is 109 Å². The van der Waals surface area contributed by atoms with Crippen molar-refractivity contribution in [2.75, 3.05) is 0 Å². The number of azo groups is 2. The maximum atomic E-state index is 6.13. The zero-order chi connectivity index (χ0) is 22.2. The molecule has 4 rings (SSSR count). The summed E-state index contributed by atoms with van der Waals surface area (Å²) in [6.45, 7) is 0. The second-order valence-corrected chi connectivity index (χ2v) is 7.97. The van der Waals surface area contributed by atoms with E-state index in [2.05, 4.69) is 10.2 Å². The van der Waals surface area contributed by atoms with Crippen LogP contribution in [-0.4, -0.2) is 0 Å². The predicted octanol–water partition coefficient (Wildman–Crippen LogP) is 9.34. The van der Waals surface area contributed by atoms with Crippen molar-refractivity contribution in [3.63, 3.8) is 0 Å². The van der Waals surface area contributed by atoms with Gasteiger partial charge in [-0.2, -0.15) is 20.5 Å². The van der Waals surface area contributed by atoms with E-state index >= 15 is 0 Å². The van der Waals surface area contributed by atoms with Crippen LogP contribution in [0.25, 0.3) is 0 Å². The fraction of sp³-hybridized carbons (Fsp3) is 0.0769. The van der Waals surface area contributed by atoms with Gasteiger partial charge >= 0.3 is 0 Å². The van der Waals surface area contributed by atoms with Gasteiger partial charge in [-0.3, -0.25) is 0 Å². The Labute approximate surface area is 197 Å². The molecule has 0 saturated carbocycles. The van der Waals surface area contributed by atoms with E-state index in [0.29, 0.717) is 10.0 Å². The third kappa shape index (κ3) is 5.88. The van der Waals surface area contributed by atoms with Gasteiger partial charge in [-0.05, 0) is 59.7 Å². The van der Waals surface area contributed by atoms with E-state index in [1.165, 1.54) is 0 Å². The molecule has 4 aromatic carbocycles. The number of halogens is 2. The van der Waals surface area contributed by atoms with Crippen LogP contribution in [0.15, 0.2) is 130 Å². The van der Waals surface area contributed by atoms with Gasteiger partial charge in [0.25, 0.3) is 0 Å². The van der Waals surface area contributed by atoms with Crippen molar-refractivity contribution in [1.82, 2.24) is 0 Å². The Morgan fingerprint density at radius 3 is 1.12 bits per heavy atom. The molecule has 2 atom stereocenters. The van der Waals surface area contributed by atoms with E-state index in [9.17, 15) is 0 Å². The summed E-state index contributed by atoms with van der Waals surface area (Å²) in [7, 11) is 0. The molecule has 0 aliphatic heterocycles. The summed E-state index contributed by atoms with van der Waals surface area (Å²) in [6.07, 6.45) is 0. The van der Waals surface area contributed by atoms with Crippen LogP contribution >= 0.6 is 23.2 Å². The van der Waals surface area contributed by atoms with Gasteiger partial charge in [0, 0.05) is 10.0 Å². The molecule has 0 radical (unpaired) electrons. The highest BCUT2D eigenvalue weighted by molar-refractivity contribution is 6.30. The molecular formula is C26H20Cl2N4. The third-order valence-corrected chi connectivity index (χ3v) is 5.33. The molecule has 0 bridgehead atoms. The molecule has 4 aromatic rings. The minimum atomic E-state index is -0.416. The van der Waals surface area contributed by atoms with E-state index in [4.69, 9.17) is 33.4 Å². The van der Waals surface area contributed by atoms with Crippen molar-refractivity contribution in [2.24, 2.45) is 20.5 Å². The summed E-state index contributed by atoms with van der Waals surface area (Å²) in [4.78, 5) is 0. The number of hydrogen-bond donors (Lipinski definition) is 0. The lowest BCUT2D eigenvalue weighted by Crippen LogP contribution is -2.07. The third-order valence-electron chi connectivity index (χ3n) is 4.83. The number of nitrogens with zero attached hydrogens (tertiary/aromatic N) is 4. The molecule has 0 aliphatic rings. The van der Waals surface area contributed by atoms with E-state index in [0.717, 1.165) is 22.5 Å². The van der Waals surface area contributed by atoms with E-state index in [-0.39, 0.29) is 0 Å². The first-order chi connectivity index (χ1) is 15.7. The van der Waals surface area contributed by atoms with Crippen LogP contribution in [0.1, 0.15) is 23.2 Å². The number of benzene rings is 4. The predicted molar refractivity (Wildman–Crippen MR) is 130 cm³/mol. The second-order valence-electron chi connectivity index (χ2n) is 7.09. The van der Waals surface area contributed by atoms with Crippen LogP contribution in [0.4, 0.5) is 11.4 Å². The number of hydrogen-bond acceptors (Lipinski definition) is 4. The molecule has 0 spiro atoms. The fourth-order valence-electron chi connectivity index (χ4n) is 3.19.